The number of ether oxygens (including phenoxy) is 1. The molecule has 0 bridgehead atoms. The fourth-order valence-corrected chi connectivity index (χ4v) is 4.18. The predicted molar refractivity (Wildman–Crippen MR) is 109 cm³/mol. The van der Waals surface area contributed by atoms with Crippen LogP contribution in [0.5, 0.6) is 0 Å². The fraction of sp³-hybridized carbons (Fsp3) is 0.682. The molecule has 1 aromatic carbocycles. The summed E-state index contributed by atoms with van der Waals surface area (Å²) in [4.78, 5) is 17.1. The summed E-state index contributed by atoms with van der Waals surface area (Å²) in [5.74, 6) is 0.800. The standard InChI is InChI=1S/C22H35N3O2/c1-18(2)25-14-15-27-21(17-25)16-22(26)23-10-13-24-11-8-20(9-12-24)19-6-4-3-5-7-19/h3-7,18,20-21H,8-17H2,1-2H3,(H,23,26)/t21-/m1/s1. The molecule has 5 heteroatoms. The lowest BCUT2D eigenvalue weighted by Gasteiger charge is -2.35. The Labute approximate surface area is 164 Å². The lowest BCUT2D eigenvalue weighted by molar-refractivity contribution is -0.126. The van der Waals surface area contributed by atoms with Crippen LogP contribution in [-0.2, 0) is 9.53 Å². The highest BCUT2D eigenvalue weighted by Crippen LogP contribution is 2.27. The Balaban J connectivity index is 1.30. The summed E-state index contributed by atoms with van der Waals surface area (Å²) >= 11 is 0. The van der Waals surface area contributed by atoms with Crippen molar-refractivity contribution in [1.29, 1.82) is 0 Å². The molecule has 5 nitrogen and oxygen atoms in total. The van der Waals surface area contributed by atoms with E-state index in [1.165, 1.54) is 18.4 Å². The Morgan fingerprint density at radius 1 is 1.19 bits per heavy atom. The largest absolute Gasteiger partial charge is 0.375 e. The Kier molecular flexibility index (Phi) is 7.68. The van der Waals surface area contributed by atoms with Gasteiger partial charge in [-0.2, -0.15) is 0 Å². The fourth-order valence-electron chi connectivity index (χ4n) is 4.18. The SMILES string of the molecule is CC(C)N1CCO[C@H](CC(=O)NCCN2CCC(c3ccccc3)CC2)C1. The van der Waals surface area contributed by atoms with Crippen molar-refractivity contribution in [3.8, 4) is 0 Å². The normalized spacial score (nSPS) is 22.9. The van der Waals surface area contributed by atoms with Gasteiger partial charge in [0.25, 0.3) is 0 Å². The van der Waals surface area contributed by atoms with E-state index in [1.807, 2.05) is 0 Å². The second kappa shape index (κ2) is 10.2. The maximum absolute atomic E-state index is 12.2. The number of carbonyl (C=O) groups excluding carboxylic acids is 1. The van der Waals surface area contributed by atoms with Crippen LogP contribution in [0.3, 0.4) is 0 Å². The molecule has 150 valence electrons. The van der Waals surface area contributed by atoms with Gasteiger partial charge in [0.1, 0.15) is 0 Å². The summed E-state index contributed by atoms with van der Waals surface area (Å²) < 4.78 is 5.77. The molecule has 27 heavy (non-hydrogen) atoms. The molecular weight excluding hydrogens is 338 g/mol. The Bertz CT molecular complexity index is 570. The molecule has 3 rings (SSSR count). The third-order valence-electron chi connectivity index (χ3n) is 5.92. The van der Waals surface area contributed by atoms with Crippen molar-refractivity contribution in [2.75, 3.05) is 45.9 Å². The molecule has 0 aromatic heterocycles. The first-order valence-electron chi connectivity index (χ1n) is 10.5. The van der Waals surface area contributed by atoms with Crippen LogP contribution in [0.25, 0.3) is 0 Å². The molecule has 2 fully saturated rings. The lowest BCUT2D eigenvalue weighted by atomic mass is 9.89. The van der Waals surface area contributed by atoms with Crippen LogP contribution in [0.2, 0.25) is 0 Å². The van der Waals surface area contributed by atoms with Crippen LogP contribution in [0, 0.1) is 0 Å². The number of piperidine rings is 1. The highest BCUT2D eigenvalue weighted by Gasteiger charge is 2.24. The number of benzene rings is 1. The van der Waals surface area contributed by atoms with Crippen LogP contribution in [0.15, 0.2) is 30.3 Å². The first kappa shape index (κ1) is 20.3. The summed E-state index contributed by atoms with van der Waals surface area (Å²) in [7, 11) is 0. The van der Waals surface area contributed by atoms with Crippen LogP contribution in [0.4, 0.5) is 0 Å². The highest BCUT2D eigenvalue weighted by atomic mass is 16.5. The molecule has 2 aliphatic heterocycles. The maximum Gasteiger partial charge on any atom is 0.222 e. The van der Waals surface area contributed by atoms with E-state index in [2.05, 4.69) is 59.3 Å². The second-order valence-electron chi connectivity index (χ2n) is 8.16. The number of morpholine rings is 1. The van der Waals surface area contributed by atoms with Crippen molar-refractivity contribution in [3.63, 3.8) is 0 Å². The number of nitrogens with one attached hydrogen (secondary N) is 1. The number of amides is 1. The van der Waals surface area contributed by atoms with Gasteiger partial charge >= 0.3 is 0 Å². The van der Waals surface area contributed by atoms with Crippen LogP contribution in [-0.4, -0.2) is 73.7 Å². The van der Waals surface area contributed by atoms with E-state index in [-0.39, 0.29) is 12.0 Å². The van der Waals surface area contributed by atoms with Crippen LogP contribution >= 0.6 is 0 Å². The number of likely N-dealkylation sites (tertiary alicyclic amines) is 1. The molecule has 0 spiro atoms. The number of hydrogen-bond donors (Lipinski definition) is 1. The quantitative estimate of drug-likeness (QED) is 0.798. The Morgan fingerprint density at radius 2 is 1.93 bits per heavy atom. The second-order valence-corrected chi connectivity index (χ2v) is 8.16. The zero-order valence-corrected chi connectivity index (χ0v) is 16.9. The third-order valence-corrected chi connectivity index (χ3v) is 5.92. The smallest absolute Gasteiger partial charge is 0.222 e. The van der Waals surface area contributed by atoms with E-state index in [0.29, 0.717) is 18.4 Å². The van der Waals surface area contributed by atoms with Crippen molar-refractivity contribution >= 4 is 5.91 Å². The summed E-state index contributed by atoms with van der Waals surface area (Å²) in [5, 5.41) is 3.09. The maximum atomic E-state index is 12.2. The molecule has 1 N–H and O–H groups in total. The van der Waals surface area contributed by atoms with Gasteiger partial charge < -0.3 is 15.0 Å². The van der Waals surface area contributed by atoms with E-state index in [1.54, 1.807) is 0 Å². The van der Waals surface area contributed by atoms with Gasteiger partial charge in [-0.15, -0.1) is 0 Å². The molecule has 1 amide bonds. The summed E-state index contributed by atoms with van der Waals surface area (Å²) in [6.07, 6.45) is 2.92. The van der Waals surface area contributed by atoms with Gasteiger partial charge in [0, 0.05) is 32.2 Å². The first-order valence-corrected chi connectivity index (χ1v) is 10.5. The minimum absolute atomic E-state index is 0.0303. The third kappa shape index (κ3) is 6.30. The van der Waals surface area contributed by atoms with Crippen LogP contribution < -0.4 is 5.32 Å². The minimum Gasteiger partial charge on any atom is -0.375 e. The van der Waals surface area contributed by atoms with Gasteiger partial charge in [-0.1, -0.05) is 30.3 Å². The topological polar surface area (TPSA) is 44.8 Å². The monoisotopic (exact) mass is 373 g/mol. The van der Waals surface area contributed by atoms with E-state index in [4.69, 9.17) is 4.74 Å². The number of carbonyl (C=O) groups is 1. The zero-order chi connectivity index (χ0) is 19.1. The van der Waals surface area contributed by atoms with Gasteiger partial charge in [0.2, 0.25) is 5.91 Å². The van der Waals surface area contributed by atoms with Gasteiger partial charge in [0.15, 0.2) is 0 Å². The minimum atomic E-state index is 0.0303. The molecule has 1 atom stereocenters. The number of nitrogens with zero attached hydrogens (tertiary/aromatic N) is 2. The van der Waals surface area contributed by atoms with Crippen molar-refractivity contribution in [2.45, 2.75) is 51.2 Å². The Morgan fingerprint density at radius 3 is 2.63 bits per heavy atom. The average Bonchev–Trinajstić information content (AvgIpc) is 2.69. The van der Waals surface area contributed by atoms with E-state index >= 15 is 0 Å². The Hall–Kier alpha value is -1.43. The summed E-state index contributed by atoms with van der Waals surface area (Å²) in [6.45, 7) is 10.9. The van der Waals surface area contributed by atoms with E-state index in [0.717, 1.165) is 45.9 Å². The molecule has 2 saturated heterocycles. The van der Waals surface area contributed by atoms with E-state index in [9.17, 15) is 4.79 Å². The van der Waals surface area contributed by atoms with Gasteiger partial charge in [-0.3, -0.25) is 9.69 Å². The van der Waals surface area contributed by atoms with Crippen molar-refractivity contribution in [1.82, 2.24) is 15.1 Å². The number of rotatable bonds is 7. The molecule has 0 radical (unpaired) electrons. The van der Waals surface area contributed by atoms with Gasteiger partial charge in [-0.05, 0) is 51.3 Å². The molecule has 0 unspecified atom stereocenters. The highest BCUT2D eigenvalue weighted by molar-refractivity contribution is 5.76. The lowest BCUT2D eigenvalue weighted by Crippen LogP contribution is -2.47. The zero-order valence-electron chi connectivity index (χ0n) is 16.9. The molecular formula is C22H35N3O2. The van der Waals surface area contributed by atoms with Crippen molar-refractivity contribution in [3.05, 3.63) is 35.9 Å². The summed E-state index contributed by atoms with van der Waals surface area (Å²) in [6, 6.07) is 11.3. The van der Waals surface area contributed by atoms with E-state index < -0.39 is 0 Å². The average molecular weight is 374 g/mol. The molecule has 2 aliphatic rings. The van der Waals surface area contributed by atoms with Gasteiger partial charge in [0.05, 0.1) is 19.1 Å². The molecule has 0 aliphatic carbocycles. The molecule has 2 heterocycles. The summed E-state index contributed by atoms with van der Waals surface area (Å²) in [5.41, 5.74) is 1.47. The predicted octanol–water partition coefficient (Wildman–Crippen LogP) is 2.48. The van der Waals surface area contributed by atoms with Crippen molar-refractivity contribution in [2.24, 2.45) is 0 Å². The number of hydrogen-bond acceptors (Lipinski definition) is 4. The van der Waals surface area contributed by atoms with Gasteiger partial charge in [-0.25, -0.2) is 0 Å². The van der Waals surface area contributed by atoms with Crippen LogP contribution in [0.1, 0.15) is 44.6 Å². The van der Waals surface area contributed by atoms with Crippen molar-refractivity contribution < 1.29 is 9.53 Å². The molecule has 1 aromatic rings. The first-order chi connectivity index (χ1) is 13.1. The molecule has 0 saturated carbocycles.